The van der Waals surface area contributed by atoms with Crippen LogP contribution in [0.5, 0.6) is 0 Å². The lowest BCUT2D eigenvalue weighted by Crippen LogP contribution is -2.57. The van der Waals surface area contributed by atoms with Crippen LogP contribution >= 0.6 is 0 Å². The molecule has 0 bridgehead atoms. The van der Waals surface area contributed by atoms with Gasteiger partial charge < -0.3 is 9.84 Å². The van der Waals surface area contributed by atoms with Crippen molar-refractivity contribution in [2.24, 2.45) is 0 Å². The Morgan fingerprint density at radius 2 is 2.06 bits per heavy atom. The molecule has 4 heteroatoms. The van der Waals surface area contributed by atoms with Gasteiger partial charge >= 0.3 is 5.97 Å². The minimum absolute atomic E-state index is 0.0416. The fourth-order valence-corrected chi connectivity index (χ4v) is 3.16. The zero-order chi connectivity index (χ0) is 13.4. The van der Waals surface area contributed by atoms with Gasteiger partial charge in [-0.1, -0.05) is 0 Å². The van der Waals surface area contributed by atoms with Crippen molar-refractivity contribution in [3.05, 3.63) is 0 Å². The average molecular weight is 255 g/mol. The molecule has 2 fully saturated rings. The highest BCUT2D eigenvalue weighted by Crippen LogP contribution is 2.33. The number of rotatable bonds is 3. The van der Waals surface area contributed by atoms with Gasteiger partial charge in [-0.3, -0.25) is 9.69 Å². The first-order valence-electron chi connectivity index (χ1n) is 7.00. The highest BCUT2D eigenvalue weighted by Gasteiger charge is 2.43. The molecule has 2 heterocycles. The molecule has 2 unspecified atom stereocenters. The van der Waals surface area contributed by atoms with Crippen molar-refractivity contribution >= 4 is 5.97 Å². The molecule has 0 radical (unpaired) electrons. The first-order valence-corrected chi connectivity index (χ1v) is 7.00. The summed E-state index contributed by atoms with van der Waals surface area (Å²) in [4.78, 5) is 13.6. The van der Waals surface area contributed by atoms with E-state index in [2.05, 4.69) is 18.7 Å². The van der Waals surface area contributed by atoms with Crippen LogP contribution in [0.3, 0.4) is 0 Å². The number of carboxylic acids is 1. The summed E-state index contributed by atoms with van der Waals surface area (Å²) < 4.78 is 5.99. The predicted octanol–water partition coefficient (Wildman–Crippen LogP) is 2.27. The van der Waals surface area contributed by atoms with Gasteiger partial charge in [0, 0.05) is 6.54 Å². The summed E-state index contributed by atoms with van der Waals surface area (Å²) in [7, 11) is 0. The van der Waals surface area contributed by atoms with E-state index in [1.165, 1.54) is 0 Å². The van der Waals surface area contributed by atoms with Crippen LogP contribution < -0.4 is 0 Å². The van der Waals surface area contributed by atoms with Crippen molar-refractivity contribution in [2.75, 3.05) is 13.1 Å². The lowest BCUT2D eigenvalue weighted by molar-refractivity contribution is -0.154. The maximum atomic E-state index is 11.5. The number of hydrogen-bond donors (Lipinski definition) is 1. The van der Waals surface area contributed by atoms with E-state index in [9.17, 15) is 9.90 Å². The second kappa shape index (κ2) is 4.82. The molecule has 1 N–H and O–H groups in total. The lowest BCUT2D eigenvalue weighted by Gasteiger charge is -2.42. The van der Waals surface area contributed by atoms with E-state index in [1.54, 1.807) is 0 Å². The van der Waals surface area contributed by atoms with E-state index in [0.29, 0.717) is 0 Å². The first-order chi connectivity index (χ1) is 8.33. The van der Waals surface area contributed by atoms with E-state index in [-0.39, 0.29) is 11.7 Å². The smallest absolute Gasteiger partial charge is 0.323 e. The number of likely N-dealkylation sites (tertiary alicyclic amines) is 1. The van der Waals surface area contributed by atoms with Crippen LogP contribution in [-0.4, -0.2) is 46.3 Å². The summed E-state index contributed by atoms with van der Waals surface area (Å²) in [5.74, 6) is -0.695. The van der Waals surface area contributed by atoms with Crippen molar-refractivity contribution in [3.8, 4) is 0 Å². The van der Waals surface area contributed by atoms with Crippen molar-refractivity contribution in [2.45, 2.75) is 70.1 Å². The van der Waals surface area contributed by atoms with Crippen LogP contribution in [0.1, 0.15) is 52.9 Å². The molecule has 0 aromatic rings. The van der Waals surface area contributed by atoms with Crippen LogP contribution in [0.15, 0.2) is 0 Å². The van der Waals surface area contributed by atoms with Crippen LogP contribution in [0.2, 0.25) is 0 Å². The minimum Gasteiger partial charge on any atom is -0.480 e. The van der Waals surface area contributed by atoms with Gasteiger partial charge in [0.05, 0.1) is 11.7 Å². The molecular weight excluding hydrogens is 230 g/mol. The van der Waals surface area contributed by atoms with Crippen molar-refractivity contribution in [1.82, 2.24) is 4.90 Å². The Balaban J connectivity index is 2.01. The molecule has 2 rings (SSSR count). The first kappa shape index (κ1) is 13.8. The Hall–Kier alpha value is -0.610. The van der Waals surface area contributed by atoms with E-state index < -0.39 is 11.5 Å². The molecule has 0 aromatic heterocycles. The van der Waals surface area contributed by atoms with E-state index in [0.717, 1.165) is 45.2 Å². The molecule has 0 saturated carbocycles. The number of hydrogen-bond acceptors (Lipinski definition) is 3. The highest BCUT2D eigenvalue weighted by molar-refractivity contribution is 5.78. The number of carbonyl (C=O) groups is 1. The molecule has 0 aliphatic carbocycles. The number of aliphatic carboxylic acids is 1. The molecule has 4 nitrogen and oxygen atoms in total. The summed E-state index contributed by atoms with van der Waals surface area (Å²) in [6.45, 7) is 7.71. The Morgan fingerprint density at radius 1 is 1.33 bits per heavy atom. The topological polar surface area (TPSA) is 49.8 Å². The van der Waals surface area contributed by atoms with Crippen LogP contribution in [0.4, 0.5) is 0 Å². The fraction of sp³-hybridized carbons (Fsp3) is 0.929. The summed E-state index contributed by atoms with van der Waals surface area (Å²) >= 11 is 0. The van der Waals surface area contributed by atoms with Gasteiger partial charge in [-0.25, -0.2) is 0 Å². The Kier molecular flexibility index (Phi) is 3.70. The zero-order valence-electron chi connectivity index (χ0n) is 11.7. The van der Waals surface area contributed by atoms with Crippen molar-refractivity contribution < 1.29 is 14.6 Å². The molecule has 2 saturated heterocycles. The number of piperidine rings is 1. The van der Waals surface area contributed by atoms with E-state index in [4.69, 9.17) is 4.74 Å². The normalized spacial score (nSPS) is 36.7. The standard InChI is InChI=1S/C14H25NO3/c1-13(2)8-6-11(18-13)10-15-9-5-4-7-14(15,3)12(16)17/h11H,4-10H2,1-3H3,(H,16,17). The van der Waals surface area contributed by atoms with Crippen LogP contribution in [0, 0.1) is 0 Å². The lowest BCUT2D eigenvalue weighted by atomic mass is 9.88. The average Bonchev–Trinajstić information content (AvgIpc) is 2.61. The maximum Gasteiger partial charge on any atom is 0.323 e. The summed E-state index contributed by atoms with van der Waals surface area (Å²) in [6.07, 6.45) is 5.15. The van der Waals surface area contributed by atoms with Gasteiger partial charge in [0.1, 0.15) is 5.54 Å². The number of nitrogens with zero attached hydrogens (tertiary/aromatic N) is 1. The zero-order valence-corrected chi connectivity index (χ0v) is 11.7. The Labute approximate surface area is 109 Å². The van der Waals surface area contributed by atoms with Gasteiger partial charge in [-0.15, -0.1) is 0 Å². The van der Waals surface area contributed by atoms with Gasteiger partial charge in [-0.2, -0.15) is 0 Å². The van der Waals surface area contributed by atoms with Crippen molar-refractivity contribution in [1.29, 1.82) is 0 Å². The summed E-state index contributed by atoms with van der Waals surface area (Å²) in [6, 6.07) is 0. The van der Waals surface area contributed by atoms with Crippen molar-refractivity contribution in [3.63, 3.8) is 0 Å². The molecule has 0 spiro atoms. The monoisotopic (exact) mass is 255 g/mol. The summed E-state index contributed by atoms with van der Waals surface area (Å²) in [5.41, 5.74) is -0.742. The molecule has 0 aromatic carbocycles. The molecule has 0 amide bonds. The largest absolute Gasteiger partial charge is 0.480 e. The summed E-state index contributed by atoms with van der Waals surface area (Å²) in [5, 5.41) is 9.46. The molecule has 2 atom stereocenters. The van der Waals surface area contributed by atoms with Crippen LogP contribution in [0.25, 0.3) is 0 Å². The molecule has 18 heavy (non-hydrogen) atoms. The molecule has 2 aliphatic heterocycles. The second-order valence-electron chi connectivity index (χ2n) is 6.52. The van der Waals surface area contributed by atoms with E-state index >= 15 is 0 Å². The Morgan fingerprint density at radius 3 is 2.61 bits per heavy atom. The predicted molar refractivity (Wildman–Crippen MR) is 69.7 cm³/mol. The molecule has 104 valence electrons. The van der Waals surface area contributed by atoms with Gasteiger partial charge in [0.15, 0.2) is 0 Å². The highest BCUT2D eigenvalue weighted by atomic mass is 16.5. The maximum absolute atomic E-state index is 11.5. The Bertz CT molecular complexity index is 329. The quantitative estimate of drug-likeness (QED) is 0.840. The second-order valence-corrected chi connectivity index (χ2v) is 6.52. The number of ether oxygens (including phenoxy) is 1. The van der Waals surface area contributed by atoms with E-state index in [1.807, 2.05) is 6.92 Å². The van der Waals surface area contributed by atoms with Gasteiger partial charge in [0.2, 0.25) is 0 Å². The SMILES string of the molecule is CC1(C)CCC(CN2CCCCC2(C)C(=O)O)O1. The minimum atomic E-state index is -0.700. The van der Waals surface area contributed by atoms with Gasteiger partial charge in [-0.05, 0) is 59.4 Å². The molecule has 2 aliphatic rings. The van der Waals surface area contributed by atoms with Gasteiger partial charge in [0.25, 0.3) is 0 Å². The third kappa shape index (κ3) is 2.69. The van der Waals surface area contributed by atoms with Crippen LogP contribution in [-0.2, 0) is 9.53 Å². The number of carboxylic acid groups (broad SMARTS) is 1. The fourth-order valence-electron chi connectivity index (χ4n) is 3.16. The molecular formula is C14H25NO3. The third-order valence-corrected chi connectivity index (χ3v) is 4.48. The third-order valence-electron chi connectivity index (χ3n) is 4.48.